The van der Waals surface area contributed by atoms with Crippen LogP contribution < -0.4 is 0 Å². The van der Waals surface area contributed by atoms with Crippen molar-refractivity contribution < 1.29 is 19.8 Å². The normalized spacial score (nSPS) is 11.7. The maximum atomic E-state index is 11.6. The smallest absolute Gasteiger partial charge is 0.311 e. The number of carboxylic acids is 2. The Hall–Kier alpha value is -3.05. The van der Waals surface area contributed by atoms with Crippen LogP contribution in [0.1, 0.15) is 17.9 Å². The number of aliphatic carboxylic acids is 2. The topological polar surface area (TPSA) is 74.6 Å². The molecule has 27 heavy (non-hydrogen) atoms. The Morgan fingerprint density at radius 3 is 2.00 bits per heavy atom. The molecule has 3 aromatic rings. The van der Waals surface area contributed by atoms with Crippen LogP contribution in [0.25, 0.3) is 11.1 Å². The zero-order valence-electron chi connectivity index (χ0n) is 14.4. The standard InChI is InChI=1S/C22H18O4S/c23-21(24)14-19(22(25)26)18-8-4-5-9-20(18)27-17-12-10-16(11-13-17)15-6-2-1-3-7-15/h1-13,19H,14H2,(H,23,24)(H,25,26). The summed E-state index contributed by atoms with van der Waals surface area (Å²) in [6.07, 6.45) is -0.445. The zero-order valence-corrected chi connectivity index (χ0v) is 15.2. The highest BCUT2D eigenvalue weighted by atomic mass is 32.2. The second kappa shape index (κ2) is 8.56. The summed E-state index contributed by atoms with van der Waals surface area (Å²) >= 11 is 1.43. The van der Waals surface area contributed by atoms with Gasteiger partial charge < -0.3 is 10.2 Å². The van der Waals surface area contributed by atoms with Crippen LogP contribution in [0.5, 0.6) is 0 Å². The van der Waals surface area contributed by atoms with E-state index in [0.717, 1.165) is 20.9 Å². The molecule has 0 bridgehead atoms. The second-order valence-electron chi connectivity index (χ2n) is 6.02. The van der Waals surface area contributed by atoms with E-state index in [0.29, 0.717) is 5.56 Å². The molecule has 1 unspecified atom stereocenters. The van der Waals surface area contributed by atoms with E-state index in [9.17, 15) is 14.7 Å². The van der Waals surface area contributed by atoms with Crippen LogP contribution in [0.4, 0.5) is 0 Å². The third kappa shape index (κ3) is 4.77. The van der Waals surface area contributed by atoms with E-state index >= 15 is 0 Å². The van der Waals surface area contributed by atoms with Crippen LogP contribution in [-0.4, -0.2) is 22.2 Å². The summed E-state index contributed by atoms with van der Waals surface area (Å²) in [6.45, 7) is 0. The molecule has 0 radical (unpaired) electrons. The molecule has 3 rings (SSSR count). The predicted octanol–water partition coefficient (Wildman–Crippen LogP) is 5.15. The van der Waals surface area contributed by atoms with Gasteiger partial charge in [0.25, 0.3) is 0 Å². The van der Waals surface area contributed by atoms with Gasteiger partial charge in [-0.15, -0.1) is 0 Å². The Balaban J connectivity index is 1.86. The molecular formula is C22H18O4S. The Morgan fingerprint density at radius 1 is 0.778 bits per heavy atom. The van der Waals surface area contributed by atoms with Gasteiger partial charge in [-0.05, 0) is 34.9 Å². The lowest BCUT2D eigenvalue weighted by Crippen LogP contribution is -2.16. The number of carbonyl (C=O) groups is 2. The van der Waals surface area contributed by atoms with Crippen LogP contribution in [0.2, 0.25) is 0 Å². The van der Waals surface area contributed by atoms with E-state index in [-0.39, 0.29) is 0 Å². The maximum Gasteiger partial charge on any atom is 0.311 e. The van der Waals surface area contributed by atoms with E-state index in [1.54, 1.807) is 12.1 Å². The van der Waals surface area contributed by atoms with Gasteiger partial charge in [0.2, 0.25) is 0 Å². The molecule has 1 atom stereocenters. The molecule has 0 heterocycles. The first-order valence-corrected chi connectivity index (χ1v) is 9.23. The van der Waals surface area contributed by atoms with Gasteiger partial charge in [0.05, 0.1) is 12.3 Å². The fraction of sp³-hybridized carbons (Fsp3) is 0.0909. The molecular weight excluding hydrogens is 360 g/mol. The lowest BCUT2D eigenvalue weighted by atomic mass is 9.96. The van der Waals surface area contributed by atoms with Crippen molar-refractivity contribution in [3.8, 4) is 11.1 Å². The SMILES string of the molecule is O=C(O)CC(C(=O)O)c1ccccc1Sc1ccc(-c2ccccc2)cc1. The summed E-state index contributed by atoms with van der Waals surface area (Å²) in [5.41, 5.74) is 2.74. The highest BCUT2D eigenvalue weighted by molar-refractivity contribution is 7.99. The molecule has 0 spiro atoms. The Bertz CT molecular complexity index is 936. The average Bonchev–Trinajstić information content (AvgIpc) is 2.68. The van der Waals surface area contributed by atoms with E-state index < -0.39 is 24.3 Å². The van der Waals surface area contributed by atoms with Crippen molar-refractivity contribution in [3.05, 3.63) is 84.4 Å². The van der Waals surface area contributed by atoms with Crippen LogP contribution in [0.3, 0.4) is 0 Å². The summed E-state index contributed by atoms with van der Waals surface area (Å²) in [7, 11) is 0. The number of hydrogen-bond donors (Lipinski definition) is 2. The molecule has 0 saturated carbocycles. The predicted molar refractivity (Wildman–Crippen MR) is 105 cm³/mol. The van der Waals surface area contributed by atoms with Crippen molar-refractivity contribution in [2.75, 3.05) is 0 Å². The van der Waals surface area contributed by atoms with E-state index in [4.69, 9.17) is 5.11 Å². The average molecular weight is 378 g/mol. The first-order chi connectivity index (χ1) is 13.0. The molecule has 0 aliphatic rings. The highest BCUT2D eigenvalue weighted by Gasteiger charge is 2.25. The zero-order chi connectivity index (χ0) is 19.2. The lowest BCUT2D eigenvalue weighted by Gasteiger charge is -2.15. The summed E-state index contributed by atoms with van der Waals surface area (Å²) in [5.74, 6) is -3.34. The summed E-state index contributed by atoms with van der Waals surface area (Å²) in [5, 5.41) is 18.5. The first-order valence-electron chi connectivity index (χ1n) is 8.41. The van der Waals surface area contributed by atoms with E-state index in [1.807, 2.05) is 66.7 Å². The van der Waals surface area contributed by atoms with Gasteiger partial charge in [0.15, 0.2) is 0 Å². The first kappa shape index (κ1) is 18.7. The van der Waals surface area contributed by atoms with Crippen molar-refractivity contribution in [1.29, 1.82) is 0 Å². The van der Waals surface area contributed by atoms with E-state index in [2.05, 4.69) is 0 Å². The van der Waals surface area contributed by atoms with Gasteiger partial charge in [-0.25, -0.2) is 0 Å². The molecule has 0 aliphatic carbocycles. The second-order valence-corrected chi connectivity index (χ2v) is 7.13. The number of carboxylic acid groups (broad SMARTS) is 2. The van der Waals surface area contributed by atoms with Crippen LogP contribution in [-0.2, 0) is 9.59 Å². The minimum atomic E-state index is -1.13. The molecule has 136 valence electrons. The molecule has 5 heteroatoms. The highest BCUT2D eigenvalue weighted by Crippen LogP contribution is 2.36. The largest absolute Gasteiger partial charge is 0.481 e. The minimum absolute atomic E-state index is 0.445. The van der Waals surface area contributed by atoms with Crippen LogP contribution in [0, 0.1) is 0 Å². The van der Waals surface area contributed by atoms with Gasteiger partial charge in [-0.1, -0.05) is 72.4 Å². The molecule has 3 aromatic carbocycles. The Kier molecular flexibility index (Phi) is 5.94. The monoisotopic (exact) mass is 378 g/mol. The minimum Gasteiger partial charge on any atom is -0.481 e. The van der Waals surface area contributed by atoms with Gasteiger partial charge in [0, 0.05) is 9.79 Å². The van der Waals surface area contributed by atoms with Crippen molar-refractivity contribution in [1.82, 2.24) is 0 Å². The Morgan fingerprint density at radius 2 is 1.37 bits per heavy atom. The third-order valence-electron chi connectivity index (χ3n) is 4.16. The molecule has 2 N–H and O–H groups in total. The van der Waals surface area contributed by atoms with Gasteiger partial charge in [0.1, 0.15) is 0 Å². The van der Waals surface area contributed by atoms with Crippen molar-refractivity contribution in [3.63, 3.8) is 0 Å². The quantitative estimate of drug-likeness (QED) is 0.595. The molecule has 0 saturated heterocycles. The molecule has 0 aromatic heterocycles. The lowest BCUT2D eigenvalue weighted by molar-refractivity contribution is -0.145. The van der Waals surface area contributed by atoms with Gasteiger partial charge >= 0.3 is 11.9 Å². The van der Waals surface area contributed by atoms with Crippen LogP contribution in [0.15, 0.2) is 88.7 Å². The fourth-order valence-corrected chi connectivity index (χ4v) is 3.84. The molecule has 0 fully saturated rings. The Labute approximate surface area is 161 Å². The summed E-state index contributed by atoms with van der Waals surface area (Å²) in [6, 6.07) is 25.1. The number of benzene rings is 3. The van der Waals surface area contributed by atoms with Crippen molar-refractivity contribution in [2.45, 2.75) is 22.1 Å². The molecule has 0 aliphatic heterocycles. The van der Waals surface area contributed by atoms with Crippen molar-refractivity contribution in [2.24, 2.45) is 0 Å². The van der Waals surface area contributed by atoms with Gasteiger partial charge in [-0.3, -0.25) is 9.59 Å². The van der Waals surface area contributed by atoms with Crippen molar-refractivity contribution >= 4 is 23.7 Å². The summed E-state index contributed by atoms with van der Waals surface area (Å²) < 4.78 is 0. The van der Waals surface area contributed by atoms with Crippen LogP contribution >= 0.6 is 11.8 Å². The van der Waals surface area contributed by atoms with E-state index in [1.165, 1.54) is 11.8 Å². The number of hydrogen-bond acceptors (Lipinski definition) is 3. The molecule has 0 amide bonds. The number of rotatable bonds is 7. The molecule has 4 nitrogen and oxygen atoms in total. The van der Waals surface area contributed by atoms with Gasteiger partial charge in [-0.2, -0.15) is 0 Å². The summed E-state index contributed by atoms with van der Waals surface area (Å²) in [4.78, 5) is 24.3. The fourth-order valence-electron chi connectivity index (χ4n) is 2.84. The maximum absolute atomic E-state index is 11.6. The third-order valence-corrected chi connectivity index (χ3v) is 5.26.